The van der Waals surface area contributed by atoms with Crippen molar-refractivity contribution in [2.24, 2.45) is 4.99 Å². The zero-order valence-electron chi connectivity index (χ0n) is 16.0. The molecule has 0 radical (unpaired) electrons. The highest BCUT2D eigenvalue weighted by molar-refractivity contribution is 14.0. The van der Waals surface area contributed by atoms with Gasteiger partial charge in [-0.05, 0) is 61.8 Å². The number of nitrogens with zero attached hydrogens (tertiary/aromatic N) is 1. The summed E-state index contributed by atoms with van der Waals surface area (Å²) in [6, 6.07) is 8.35. The van der Waals surface area contributed by atoms with Crippen molar-refractivity contribution in [2.45, 2.75) is 39.0 Å². The van der Waals surface area contributed by atoms with Gasteiger partial charge >= 0.3 is 0 Å². The van der Waals surface area contributed by atoms with E-state index in [0.29, 0.717) is 5.92 Å². The number of unbranched alkanes of at least 4 members (excludes halogenated alkanes) is 1. The number of hydrogen-bond acceptors (Lipinski definition) is 3. The summed E-state index contributed by atoms with van der Waals surface area (Å²) < 4.78 is 5.21. The molecule has 0 saturated carbocycles. The maximum atomic E-state index is 5.21. The molecule has 1 unspecified atom stereocenters. The van der Waals surface area contributed by atoms with Gasteiger partial charge in [-0.1, -0.05) is 19.1 Å². The molecule has 1 rings (SSSR count). The number of thioether (sulfide) groups is 1. The van der Waals surface area contributed by atoms with Gasteiger partial charge in [0, 0.05) is 19.6 Å². The first-order valence-corrected chi connectivity index (χ1v) is 10.3. The molecule has 1 atom stereocenters. The zero-order chi connectivity index (χ0) is 17.6. The molecule has 25 heavy (non-hydrogen) atoms. The third-order valence-electron chi connectivity index (χ3n) is 3.93. The molecule has 0 amide bonds. The van der Waals surface area contributed by atoms with Crippen molar-refractivity contribution in [2.75, 3.05) is 38.8 Å². The number of nitrogens with one attached hydrogen (secondary N) is 2. The lowest BCUT2D eigenvalue weighted by molar-refractivity contribution is 0.414. The summed E-state index contributed by atoms with van der Waals surface area (Å²) in [5, 5.41) is 6.76. The summed E-state index contributed by atoms with van der Waals surface area (Å²) in [5.41, 5.74) is 1.34. The Morgan fingerprint density at radius 3 is 2.52 bits per heavy atom. The van der Waals surface area contributed by atoms with Crippen molar-refractivity contribution in [1.29, 1.82) is 0 Å². The van der Waals surface area contributed by atoms with E-state index in [2.05, 4.69) is 47.9 Å². The predicted octanol–water partition coefficient (Wildman–Crippen LogP) is 4.51. The molecule has 2 N–H and O–H groups in total. The molecule has 0 aromatic heterocycles. The van der Waals surface area contributed by atoms with Gasteiger partial charge in [-0.25, -0.2) is 0 Å². The number of ether oxygens (including phenoxy) is 1. The normalized spacial score (nSPS) is 12.2. The van der Waals surface area contributed by atoms with E-state index in [1.807, 2.05) is 23.9 Å². The molecule has 0 heterocycles. The average molecular weight is 479 g/mol. The highest BCUT2D eigenvalue weighted by atomic mass is 127. The van der Waals surface area contributed by atoms with Gasteiger partial charge in [0.05, 0.1) is 7.11 Å². The maximum Gasteiger partial charge on any atom is 0.191 e. The molecule has 4 nitrogen and oxygen atoms in total. The predicted molar refractivity (Wildman–Crippen MR) is 123 cm³/mol. The molecule has 0 aliphatic carbocycles. The summed E-state index contributed by atoms with van der Waals surface area (Å²) in [6.45, 7) is 7.07. The van der Waals surface area contributed by atoms with Crippen molar-refractivity contribution in [3.05, 3.63) is 29.8 Å². The zero-order valence-corrected chi connectivity index (χ0v) is 19.2. The van der Waals surface area contributed by atoms with Crippen molar-refractivity contribution < 1.29 is 4.74 Å². The number of guanidine groups is 1. The Hall–Kier alpha value is -0.630. The molecule has 0 aliphatic heterocycles. The Labute approximate surface area is 175 Å². The molecule has 1 aromatic carbocycles. The number of aliphatic imine (C=N–C) groups is 1. The molecule has 0 bridgehead atoms. The van der Waals surface area contributed by atoms with Crippen LogP contribution >= 0.6 is 35.7 Å². The summed E-state index contributed by atoms with van der Waals surface area (Å²) in [5.74, 6) is 3.57. The average Bonchev–Trinajstić information content (AvgIpc) is 2.61. The second-order valence-corrected chi connectivity index (χ2v) is 6.84. The molecular weight excluding hydrogens is 445 g/mol. The second kappa shape index (κ2) is 15.6. The SMILES string of the molecule is CCNC(=NCCCCSC)NCCC(C)c1ccc(OC)cc1.I. The van der Waals surface area contributed by atoms with Crippen LogP contribution in [0.1, 0.15) is 44.6 Å². The first kappa shape index (κ1) is 24.4. The molecule has 6 heteroatoms. The van der Waals surface area contributed by atoms with E-state index in [9.17, 15) is 0 Å². The van der Waals surface area contributed by atoms with Crippen molar-refractivity contribution in [3.63, 3.8) is 0 Å². The van der Waals surface area contributed by atoms with Crippen LogP contribution in [-0.2, 0) is 0 Å². The smallest absolute Gasteiger partial charge is 0.191 e. The summed E-state index contributed by atoms with van der Waals surface area (Å²) in [4.78, 5) is 4.65. The van der Waals surface area contributed by atoms with E-state index in [1.54, 1.807) is 7.11 Å². The number of halogens is 1. The molecule has 144 valence electrons. The fraction of sp³-hybridized carbons (Fsp3) is 0.632. The Balaban J connectivity index is 0.00000576. The third-order valence-corrected chi connectivity index (χ3v) is 4.62. The van der Waals surface area contributed by atoms with Crippen LogP contribution in [0.5, 0.6) is 5.75 Å². The van der Waals surface area contributed by atoms with Gasteiger partial charge in [0.2, 0.25) is 0 Å². The molecule has 0 saturated heterocycles. The van der Waals surface area contributed by atoms with Crippen LogP contribution in [-0.4, -0.2) is 44.7 Å². The van der Waals surface area contributed by atoms with Gasteiger partial charge in [-0.2, -0.15) is 11.8 Å². The van der Waals surface area contributed by atoms with Gasteiger partial charge in [-0.15, -0.1) is 24.0 Å². The molecular formula is C19H34IN3OS. The Morgan fingerprint density at radius 2 is 1.92 bits per heavy atom. The van der Waals surface area contributed by atoms with Gasteiger partial charge in [0.15, 0.2) is 5.96 Å². The fourth-order valence-electron chi connectivity index (χ4n) is 2.40. The van der Waals surface area contributed by atoms with Crippen LogP contribution in [0.15, 0.2) is 29.3 Å². The second-order valence-electron chi connectivity index (χ2n) is 5.85. The van der Waals surface area contributed by atoms with Crippen LogP contribution in [0.4, 0.5) is 0 Å². The van der Waals surface area contributed by atoms with Gasteiger partial charge in [0.1, 0.15) is 5.75 Å². The monoisotopic (exact) mass is 479 g/mol. The summed E-state index contributed by atoms with van der Waals surface area (Å²) in [6.07, 6.45) is 5.61. The highest BCUT2D eigenvalue weighted by Crippen LogP contribution is 2.21. The fourth-order valence-corrected chi connectivity index (χ4v) is 2.89. The van der Waals surface area contributed by atoms with E-state index >= 15 is 0 Å². The lowest BCUT2D eigenvalue weighted by Crippen LogP contribution is -2.38. The summed E-state index contributed by atoms with van der Waals surface area (Å²) in [7, 11) is 1.70. The van der Waals surface area contributed by atoms with Crippen LogP contribution in [0.2, 0.25) is 0 Å². The highest BCUT2D eigenvalue weighted by Gasteiger charge is 2.06. The number of rotatable bonds is 11. The molecule has 0 fully saturated rings. The first-order valence-electron chi connectivity index (χ1n) is 8.86. The van der Waals surface area contributed by atoms with Gasteiger partial charge < -0.3 is 15.4 Å². The quantitative estimate of drug-likeness (QED) is 0.212. The maximum absolute atomic E-state index is 5.21. The Morgan fingerprint density at radius 1 is 1.20 bits per heavy atom. The lowest BCUT2D eigenvalue weighted by Gasteiger charge is -2.15. The minimum Gasteiger partial charge on any atom is -0.497 e. The Bertz CT molecular complexity index is 468. The van der Waals surface area contributed by atoms with Gasteiger partial charge in [0.25, 0.3) is 0 Å². The van der Waals surface area contributed by atoms with Crippen molar-refractivity contribution in [1.82, 2.24) is 10.6 Å². The van der Waals surface area contributed by atoms with Crippen molar-refractivity contribution in [3.8, 4) is 5.75 Å². The molecule has 0 spiro atoms. The van der Waals surface area contributed by atoms with Crippen LogP contribution in [0.3, 0.4) is 0 Å². The van der Waals surface area contributed by atoms with E-state index < -0.39 is 0 Å². The molecule has 0 aliphatic rings. The van der Waals surface area contributed by atoms with E-state index in [-0.39, 0.29) is 24.0 Å². The minimum absolute atomic E-state index is 0. The molecule has 1 aromatic rings. The largest absolute Gasteiger partial charge is 0.497 e. The number of hydrogen-bond donors (Lipinski definition) is 2. The minimum atomic E-state index is 0. The van der Waals surface area contributed by atoms with E-state index in [0.717, 1.165) is 44.2 Å². The topological polar surface area (TPSA) is 45.7 Å². The van der Waals surface area contributed by atoms with Crippen molar-refractivity contribution >= 4 is 41.7 Å². The van der Waals surface area contributed by atoms with Crippen LogP contribution in [0.25, 0.3) is 0 Å². The van der Waals surface area contributed by atoms with Crippen LogP contribution < -0.4 is 15.4 Å². The standard InChI is InChI=1S/C19H33N3OS.HI/c1-5-20-19(21-13-6-7-15-24-4)22-14-12-16(2)17-8-10-18(23-3)11-9-17;/h8-11,16H,5-7,12-15H2,1-4H3,(H2,20,21,22);1H. The lowest BCUT2D eigenvalue weighted by atomic mass is 9.98. The van der Waals surface area contributed by atoms with E-state index in [1.165, 1.54) is 17.7 Å². The first-order chi connectivity index (χ1) is 11.7. The Kier molecular flexibility index (Phi) is 15.2. The number of benzene rings is 1. The third kappa shape index (κ3) is 10.8. The van der Waals surface area contributed by atoms with E-state index in [4.69, 9.17) is 4.74 Å². The van der Waals surface area contributed by atoms with Crippen LogP contribution in [0, 0.1) is 0 Å². The summed E-state index contributed by atoms with van der Waals surface area (Å²) >= 11 is 1.90. The van der Waals surface area contributed by atoms with Gasteiger partial charge in [-0.3, -0.25) is 4.99 Å². The number of methoxy groups -OCH3 is 1.